The Morgan fingerprint density at radius 1 is 1.67 bits per heavy atom. The normalized spacial score (nSPS) is 29.1. The molecule has 0 saturated carbocycles. The summed E-state index contributed by atoms with van der Waals surface area (Å²) in [6.45, 7) is 1.70. The zero-order chi connectivity index (χ0) is 9.19. The molecule has 1 rings (SSSR count). The molecule has 0 spiro atoms. The predicted octanol–water partition coefficient (Wildman–Crippen LogP) is 0.661. The Morgan fingerprint density at radius 2 is 2.33 bits per heavy atom. The number of oxime groups is 1. The summed E-state index contributed by atoms with van der Waals surface area (Å²) in [6.07, 6.45) is 1.30. The van der Waals surface area contributed by atoms with Crippen LogP contribution in [0.25, 0.3) is 0 Å². The van der Waals surface area contributed by atoms with E-state index in [1.807, 2.05) is 0 Å². The fraction of sp³-hybridized carbons (Fsp3) is 0.857. The molecule has 1 aliphatic rings. The minimum atomic E-state index is -2.79. The third-order valence-electron chi connectivity index (χ3n) is 2.08. The predicted molar refractivity (Wildman–Crippen MR) is 46.3 cm³/mol. The van der Waals surface area contributed by atoms with Crippen molar-refractivity contribution in [1.82, 2.24) is 0 Å². The lowest BCUT2D eigenvalue weighted by atomic mass is 10.0. The van der Waals surface area contributed by atoms with Gasteiger partial charge in [0.15, 0.2) is 9.84 Å². The van der Waals surface area contributed by atoms with Gasteiger partial charge in [-0.25, -0.2) is 8.42 Å². The second-order valence-corrected chi connectivity index (χ2v) is 5.54. The van der Waals surface area contributed by atoms with Gasteiger partial charge >= 0.3 is 0 Å². The van der Waals surface area contributed by atoms with E-state index < -0.39 is 9.84 Å². The van der Waals surface area contributed by atoms with Crippen LogP contribution in [0.15, 0.2) is 5.16 Å². The lowest BCUT2D eigenvalue weighted by Crippen LogP contribution is -2.08. The highest BCUT2D eigenvalue weighted by atomic mass is 32.2. The van der Waals surface area contributed by atoms with Crippen LogP contribution in [0.4, 0.5) is 0 Å². The van der Waals surface area contributed by atoms with Crippen molar-refractivity contribution in [3.63, 3.8) is 0 Å². The fourth-order valence-corrected chi connectivity index (χ4v) is 3.35. The molecule has 1 N–H and O–H groups in total. The summed E-state index contributed by atoms with van der Waals surface area (Å²) in [4.78, 5) is 0. The summed E-state index contributed by atoms with van der Waals surface area (Å²) in [5.74, 6) is 0.696. The molecule has 1 atom stereocenters. The molecule has 0 bridgehead atoms. The monoisotopic (exact) mass is 191 g/mol. The van der Waals surface area contributed by atoms with Crippen LogP contribution in [0.1, 0.15) is 19.8 Å². The van der Waals surface area contributed by atoms with Gasteiger partial charge in [-0.05, 0) is 25.7 Å². The summed E-state index contributed by atoms with van der Waals surface area (Å²) >= 11 is 0. The third kappa shape index (κ3) is 2.48. The molecule has 0 aliphatic carbocycles. The van der Waals surface area contributed by atoms with Gasteiger partial charge in [-0.1, -0.05) is 5.16 Å². The Morgan fingerprint density at radius 3 is 2.75 bits per heavy atom. The second kappa shape index (κ2) is 3.43. The SMILES string of the molecule is C/C(CC1CCS(=O)(=O)C1)=N\O. The van der Waals surface area contributed by atoms with Gasteiger partial charge in [-0.15, -0.1) is 0 Å². The van der Waals surface area contributed by atoms with Crippen molar-refractivity contribution in [2.24, 2.45) is 11.1 Å². The maximum Gasteiger partial charge on any atom is 0.150 e. The van der Waals surface area contributed by atoms with E-state index in [0.717, 1.165) is 0 Å². The number of sulfone groups is 1. The van der Waals surface area contributed by atoms with Gasteiger partial charge in [0, 0.05) is 0 Å². The first kappa shape index (κ1) is 9.51. The lowest BCUT2D eigenvalue weighted by Gasteiger charge is -2.04. The first-order valence-corrected chi connectivity index (χ1v) is 5.73. The minimum Gasteiger partial charge on any atom is -0.411 e. The maximum absolute atomic E-state index is 11.0. The van der Waals surface area contributed by atoms with E-state index in [1.54, 1.807) is 6.92 Å². The molecular formula is C7H13NO3S. The van der Waals surface area contributed by atoms with Crippen LogP contribution in [0, 0.1) is 5.92 Å². The van der Waals surface area contributed by atoms with E-state index >= 15 is 0 Å². The number of rotatable bonds is 2. The van der Waals surface area contributed by atoms with Crippen LogP contribution in [-0.2, 0) is 9.84 Å². The highest BCUT2D eigenvalue weighted by Crippen LogP contribution is 2.21. The number of nitrogens with zero attached hydrogens (tertiary/aromatic N) is 1. The first-order chi connectivity index (χ1) is 5.53. The van der Waals surface area contributed by atoms with Crippen molar-refractivity contribution >= 4 is 15.5 Å². The zero-order valence-electron chi connectivity index (χ0n) is 7.02. The molecule has 1 unspecified atom stereocenters. The van der Waals surface area contributed by atoms with E-state index in [1.165, 1.54) is 0 Å². The summed E-state index contributed by atoms with van der Waals surface area (Å²) in [5, 5.41) is 11.4. The van der Waals surface area contributed by atoms with Gasteiger partial charge < -0.3 is 5.21 Å². The van der Waals surface area contributed by atoms with Gasteiger partial charge in [0.2, 0.25) is 0 Å². The Balaban J connectivity index is 2.49. The van der Waals surface area contributed by atoms with E-state index in [9.17, 15) is 8.42 Å². The van der Waals surface area contributed by atoms with E-state index in [4.69, 9.17) is 5.21 Å². The molecule has 1 saturated heterocycles. The summed E-state index contributed by atoms with van der Waals surface area (Å²) < 4.78 is 22.0. The highest BCUT2D eigenvalue weighted by molar-refractivity contribution is 7.91. The first-order valence-electron chi connectivity index (χ1n) is 3.91. The van der Waals surface area contributed by atoms with E-state index in [2.05, 4.69) is 5.16 Å². The molecule has 12 heavy (non-hydrogen) atoms. The molecule has 0 aromatic heterocycles. The molecule has 0 aromatic rings. The van der Waals surface area contributed by atoms with Crippen molar-refractivity contribution in [3.05, 3.63) is 0 Å². The van der Waals surface area contributed by atoms with Crippen LogP contribution >= 0.6 is 0 Å². The molecule has 1 fully saturated rings. The number of hydrogen-bond donors (Lipinski definition) is 1. The van der Waals surface area contributed by atoms with Crippen LogP contribution in [0.5, 0.6) is 0 Å². The standard InChI is InChI=1S/C7H13NO3S/c1-6(8-9)4-7-2-3-12(10,11)5-7/h7,9H,2-5H2,1H3/b8-6+. The zero-order valence-corrected chi connectivity index (χ0v) is 7.84. The highest BCUT2D eigenvalue weighted by Gasteiger charge is 2.27. The summed E-state index contributed by atoms with van der Waals surface area (Å²) in [7, 11) is -2.79. The largest absolute Gasteiger partial charge is 0.411 e. The van der Waals surface area contributed by atoms with Gasteiger partial charge in [-0.2, -0.15) is 0 Å². The molecule has 4 nitrogen and oxygen atoms in total. The number of hydrogen-bond acceptors (Lipinski definition) is 4. The molecule has 0 amide bonds. The van der Waals surface area contributed by atoms with Gasteiger partial charge in [-0.3, -0.25) is 0 Å². The van der Waals surface area contributed by atoms with Crippen molar-refractivity contribution in [2.75, 3.05) is 11.5 Å². The second-order valence-electron chi connectivity index (χ2n) is 3.31. The van der Waals surface area contributed by atoms with E-state index in [0.29, 0.717) is 18.6 Å². The molecule has 1 heterocycles. The average molecular weight is 191 g/mol. The summed E-state index contributed by atoms with van der Waals surface area (Å²) in [6, 6.07) is 0. The summed E-state index contributed by atoms with van der Waals surface area (Å²) in [5.41, 5.74) is 0.608. The third-order valence-corrected chi connectivity index (χ3v) is 3.92. The van der Waals surface area contributed by atoms with Crippen LogP contribution < -0.4 is 0 Å². The molecule has 1 aliphatic heterocycles. The fourth-order valence-electron chi connectivity index (χ4n) is 1.49. The Hall–Kier alpha value is -0.580. The van der Waals surface area contributed by atoms with Crippen molar-refractivity contribution in [2.45, 2.75) is 19.8 Å². The maximum atomic E-state index is 11.0. The van der Waals surface area contributed by atoms with Crippen LogP contribution in [0.2, 0.25) is 0 Å². The smallest absolute Gasteiger partial charge is 0.150 e. The van der Waals surface area contributed by atoms with Gasteiger partial charge in [0.25, 0.3) is 0 Å². The molecule has 0 radical (unpaired) electrons. The Bertz CT molecular complexity index is 281. The topological polar surface area (TPSA) is 66.7 Å². The average Bonchev–Trinajstić information content (AvgIpc) is 2.30. The minimum absolute atomic E-state index is 0.158. The lowest BCUT2D eigenvalue weighted by molar-refractivity contribution is 0.316. The van der Waals surface area contributed by atoms with Crippen LogP contribution in [0.3, 0.4) is 0 Å². The molecule has 0 aromatic carbocycles. The van der Waals surface area contributed by atoms with Crippen molar-refractivity contribution in [1.29, 1.82) is 0 Å². The molecular weight excluding hydrogens is 178 g/mol. The van der Waals surface area contributed by atoms with Crippen molar-refractivity contribution < 1.29 is 13.6 Å². The Kier molecular flexibility index (Phi) is 2.72. The van der Waals surface area contributed by atoms with Crippen LogP contribution in [-0.4, -0.2) is 30.8 Å². The Labute approximate surface area is 72.2 Å². The quantitative estimate of drug-likeness (QED) is 0.396. The van der Waals surface area contributed by atoms with E-state index in [-0.39, 0.29) is 17.4 Å². The molecule has 5 heteroatoms. The van der Waals surface area contributed by atoms with Crippen molar-refractivity contribution in [3.8, 4) is 0 Å². The van der Waals surface area contributed by atoms with Gasteiger partial charge in [0.1, 0.15) is 0 Å². The molecule has 70 valence electrons. The van der Waals surface area contributed by atoms with Gasteiger partial charge in [0.05, 0.1) is 17.2 Å².